The molecule has 1 N–H and O–H groups in total. The highest BCUT2D eigenvalue weighted by Crippen LogP contribution is 2.50. The number of halogens is 2. The maximum atomic E-state index is 14.1. The highest BCUT2D eigenvalue weighted by atomic mass is 19.1. The summed E-state index contributed by atoms with van der Waals surface area (Å²) >= 11 is 0. The summed E-state index contributed by atoms with van der Waals surface area (Å²) < 4.78 is 27.6. The molecule has 8 heteroatoms. The summed E-state index contributed by atoms with van der Waals surface area (Å²) in [6, 6.07) is 6.17. The lowest BCUT2D eigenvalue weighted by molar-refractivity contribution is -0.136. The number of nitrogens with one attached hydrogen (secondary N) is 1. The molecule has 2 amide bonds. The molecule has 6 nitrogen and oxygen atoms in total. The van der Waals surface area contributed by atoms with Crippen LogP contribution in [0.2, 0.25) is 0 Å². The van der Waals surface area contributed by atoms with Gasteiger partial charge in [0.25, 0.3) is 0 Å². The molecule has 2 bridgehead atoms. The maximum Gasteiger partial charge on any atom is 0.240 e. The van der Waals surface area contributed by atoms with Gasteiger partial charge in [-0.1, -0.05) is 6.07 Å². The zero-order valence-corrected chi connectivity index (χ0v) is 14.9. The zero-order valence-electron chi connectivity index (χ0n) is 14.9. The summed E-state index contributed by atoms with van der Waals surface area (Å²) in [7, 11) is 0. The molecule has 1 aliphatic carbocycles. The van der Waals surface area contributed by atoms with Gasteiger partial charge < -0.3 is 10.2 Å². The Morgan fingerprint density at radius 2 is 2.18 bits per heavy atom. The van der Waals surface area contributed by atoms with Crippen molar-refractivity contribution in [3.05, 3.63) is 64.5 Å². The number of carbonyl (C=O) groups is 2. The average molecular weight is 382 g/mol. The summed E-state index contributed by atoms with van der Waals surface area (Å²) in [5.41, 5.74) is 1.66. The van der Waals surface area contributed by atoms with E-state index < -0.39 is 17.8 Å². The van der Waals surface area contributed by atoms with E-state index in [-0.39, 0.29) is 41.5 Å². The van der Waals surface area contributed by atoms with Gasteiger partial charge in [-0.3, -0.25) is 14.6 Å². The van der Waals surface area contributed by atoms with Gasteiger partial charge in [0.05, 0.1) is 29.3 Å². The van der Waals surface area contributed by atoms with Crippen LogP contribution in [-0.4, -0.2) is 28.2 Å². The molecule has 1 aliphatic heterocycles. The van der Waals surface area contributed by atoms with Crippen molar-refractivity contribution in [2.75, 3.05) is 6.54 Å². The lowest BCUT2D eigenvalue weighted by atomic mass is 9.98. The fourth-order valence-electron chi connectivity index (χ4n) is 4.04. The van der Waals surface area contributed by atoms with E-state index >= 15 is 0 Å². The molecule has 1 aromatic heterocycles. The van der Waals surface area contributed by atoms with Crippen molar-refractivity contribution < 1.29 is 18.4 Å². The molecule has 0 radical (unpaired) electrons. The third kappa shape index (κ3) is 2.89. The van der Waals surface area contributed by atoms with Crippen LogP contribution < -0.4 is 5.32 Å². The van der Waals surface area contributed by atoms with E-state index in [1.165, 1.54) is 23.2 Å². The first kappa shape index (κ1) is 18.0. The number of benzene rings is 1. The number of amides is 2. The monoisotopic (exact) mass is 382 g/mol. The van der Waals surface area contributed by atoms with Crippen LogP contribution in [0.25, 0.3) is 0 Å². The van der Waals surface area contributed by atoms with Gasteiger partial charge in [-0.15, -0.1) is 0 Å². The van der Waals surface area contributed by atoms with Crippen molar-refractivity contribution in [2.45, 2.75) is 31.3 Å². The van der Waals surface area contributed by atoms with Crippen molar-refractivity contribution in [1.82, 2.24) is 15.2 Å². The predicted molar refractivity (Wildman–Crippen MR) is 93.7 cm³/mol. The molecule has 0 unspecified atom stereocenters. The maximum absolute atomic E-state index is 14.1. The van der Waals surface area contributed by atoms with Crippen LogP contribution in [0.5, 0.6) is 0 Å². The molecule has 2 heterocycles. The van der Waals surface area contributed by atoms with Gasteiger partial charge in [0.2, 0.25) is 11.8 Å². The van der Waals surface area contributed by atoms with Crippen LogP contribution in [0, 0.1) is 23.0 Å². The third-order valence-electron chi connectivity index (χ3n) is 5.30. The minimum Gasteiger partial charge on any atom is -0.346 e. The van der Waals surface area contributed by atoms with Crippen molar-refractivity contribution in [1.29, 1.82) is 5.26 Å². The number of pyridine rings is 1. The fourth-order valence-corrected chi connectivity index (χ4v) is 4.04. The van der Waals surface area contributed by atoms with E-state index in [0.29, 0.717) is 6.42 Å². The quantitative estimate of drug-likeness (QED) is 0.880. The van der Waals surface area contributed by atoms with Crippen molar-refractivity contribution >= 4 is 11.8 Å². The molecule has 28 heavy (non-hydrogen) atoms. The topological polar surface area (TPSA) is 86.1 Å². The lowest BCUT2D eigenvalue weighted by Gasteiger charge is -2.29. The number of aromatic nitrogens is 1. The summed E-state index contributed by atoms with van der Waals surface area (Å²) in [6.45, 7) is 1.37. The number of likely N-dealkylation sites (tertiary alicyclic amines) is 1. The second-order valence-electron chi connectivity index (χ2n) is 7.04. The second kappa shape index (κ2) is 6.68. The Labute approximate surface area is 159 Å². The minimum atomic E-state index is -0.736. The Bertz CT molecular complexity index is 1030. The smallest absolute Gasteiger partial charge is 0.240 e. The molecule has 2 aromatic rings. The van der Waals surface area contributed by atoms with E-state index in [0.717, 1.165) is 17.2 Å². The Morgan fingerprint density at radius 3 is 2.89 bits per heavy atom. The largest absolute Gasteiger partial charge is 0.346 e. The summed E-state index contributed by atoms with van der Waals surface area (Å²) in [5.74, 6) is -2.03. The Hall–Kier alpha value is -3.34. The fraction of sp³-hybridized carbons (Fsp3) is 0.300. The molecule has 1 fully saturated rings. The number of nitriles is 1. The molecule has 0 saturated carbocycles. The van der Waals surface area contributed by atoms with Crippen molar-refractivity contribution in [3.63, 3.8) is 0 Å². The molecule has 1 saturated heterocycles. The van der Waals surface area contributed by atoms with E-state index in [1.807, 2.05) is 0 Å². The minimum absolute atomic E-state index is 0.00837. The third-order valence-corrected chi connectivity index (χ3v) is 5.30. The molecule has 2 aliphatic rings. The van der Waals surface area contributed by atoms with Gasteiger partial charge in [0.15, 0.2) is 0 Å². The molecular weight excluding hydrogens is 366 g/mol. The lowest BCUT2D eigenvalue weighted by Crippen LogP contribution is -2.42. The number of hydrogen-bond donors (Lipinski definition) is 1. The molecular formula is C20H16F2N4O2. The molecule has 4 rings (SSSR count). The Morgan fingerprint density at radius 1 is 1.39 bits per heavy atom. The highest BCUT2D eigenvalue weighted by Gasteiger charge is 2.49. The molecule has 142 valence electrons. The van der Waals surface area contributed by atoms with E-state index in [2.05, 4.69) is 10.3 Å². The van der Waals surface area contributed by atoms with Crippen LogP contribution in [0.15, 0.2) is 30.5 Å². The molecule has 3 atom stereocenters. The van der Waals surface area contributed by atoms with Gasteiger partial charge >= 0.3 is 0 Å². The van der Waals surface area contributed by atoms with Gasteiger partial charge in [-0.25, -0.2) is 8.78 Å². The number of carbonyl (C=O) groups excluding carboxylic acids is 2. The van der Waals surface area contributed by atoms with Crippen LogP contribution in [0.4, 0.5) is 8.78 Å². The molecule has 1 aromatic carbocycles. The SMILES string of the molecule is C[C@@H](NC(=O)CN1C(=O)[C@@H]2C[C@H]1c1cc(F)ccc12)c1ncc(C#N)cc1F. The Kier molecular flexibility index (Phi) is 4.30. The number of rotatable bonds is 4. The van der Waals surface area contributed by atoms with Gasteiger partial charge in [-0.2, -0.15) is 5.26 Å². The van der Waals surface area contributed by atoms with Gasteiger partial charge in [0.1, 0.15) is 24.2 Å². The van der Waals surface area contributed by atoms with Crippen molar-refractivity contribution in [3.8, 4) is 6.07 Å². The van der Waals surface area contributed by atoms with Crippen LogP contribution in [0.3, 0.4) is 0 Å². The first-order valence-electron chi connectivity index (χ1n) is 8.83. The Balaban J connectivity index is 1.46. The normalized spacial score (nSPS) is 20.6. The summed E-state index contributed by atoms with van der Waals surface area (Å²) in [4.78, 5) is 30.3. The predicted octanol–water partition coefficient (Wildman–Crippen LogP) is 2.48. The average Bonchev–Trinajstić information content (AvgIpc) is 3.17. The van der Waals surface area contributed by atoms with Crippen LogP contribution in [-0.2, 0) is 9.59 Å². The second-order valence-corrected chi connectivity index (χ2v) is 7.04. The first-order chi connectivity index (χ1) is 13.4. The number of nitrogens with zero attached hydrogens (tertiary/aromatic N) is 3. The standard InChI is InChI=1S/C20H16F2N4O2/c1-10(19-16(22)4-11(7-23)8-24-19)25-18(27)9-26-17-6-15(20(26)28)13-3-2-12(21)5-14(13)17/h2-5,8,10,15,17H,6,9H2,1H3,(H,25,27)/t10-,15-,17+/m1/s1. The van der Waals surface area contributed by atoms with E-state index in [4.69, 9.17) is 5.26 Å². The van der Waals surface area contributed by atoms with Crippen molar-refractivity contribution in [2.24, 2.45) is 0 Å². The zero-order chi connectivity index (χ0) is 20.0. The molecule has 0 spiro atoms. The van der Waals surface area contributed by atoms with Crippen LogP contribution >= 0.6 is 0 Å². The highest BCUT2D eigenvalue weighted by molar-refractivity contribution is 5.93. The van der Waals surface area contributed by atoms with Gasteiger partial charge in [0, 0.05) is 6.20 Å². The van der Waals surface area contributed by atoms with E-state index in [9.17, 15) is 18.4 Å². The first-order valence-corrected chi connectivity index (χ1v) is 8.83. The van der Waals surface area contributed by atoms with E-state index in [1.54, 1.807) is 19.1 Å². The number of hydrogen-bond acceptors (Lipinski definition) is 4. The summed E-state index contributed by atoms with van der Waals surface area (Å²) in [5, 5.41) is 11.4. The summed E-state index contributed by atoms with van der Waals surface area (Å²) in [6.07, 6.45) is 1.77. The van der Waals surface area contributed by atoms with Gasteiger partial charge in [-0.05, 0) is 42.7 Å². The van der Waals surface area contributed by atoms with Crippen LogP contribution in [0.1, 0.15) is 53.7 Å². The number of fused-ring (bicyclic) bond motifs is 5.